The molecule has 2 fully saturated rings. The van der Waals surface area contributed by atoms with Gasteiger partial charge in [0.2, 0.25) is 15.9 Å². The zero-order valence-electron chi connectivity index (χ0n) is 10.3. The topological polar surface area (TPSA) is 57.7 Å². The summed E-state index contributed by atoms with van der Waals surface area (Å²) in [5, 5.41) is 0. The lowest BCUT2D eigenvalue weighted by Gasteiger charge is -2.33. The number of rotatable bonds is 4. The van der Waals surface area contributed by atoms with Crippen molar-refractivity contribution in [3.63, 3.8) is 0 Å². The molecule has 0 aromatic rings. The van der Waals surface area contributed by atoms with Gasteiger partial charge in [0.05, 0.1) is 5.75 Å². The maximum Gasteiger partial charge on any atom is 0.219 e. The zero-order chi connectivity index (χ0) is 12.5. The molecule has 5 nitrogen and oxygen atoms in total. The van der Waals surface area contributed by atoms with E-state index in [0.717, 1.165) is 6.42 Å². The molecular formula is C11H20N2O3S. The molecule has 98 valence electrons. The lowest BCUT2D eigenvalue weighted by Crippen LogP contribution is -2.50. The van der Waals surface area contributed by atoms with Crippen molar-refractivity contribution in [3.05, 3.63) is 0 Å². The highest BCUT2D eigenvalue weighted by molar-refractivity contribution is 7.89. The average molecular weight is 260 g/mol. The quantitative estimate of drug-likeness (QED) is 0.729. The second kappa shape index (κ2) is 4.94. The number of carbonyl (C=O) groups is 1. The van der Waals surface area contributed by atoms with Crippen LogP contribution in [0.1, 0.15) is 26.2 Å². The lowest BCUT2D eigenvalue weighted by atomic mass is 10.3. The highest BCUT2D eigenvalue weighted by Gasteiger charge is 2.30. The molecule has 0 aromatic carbocycles. The summed E-state index contributed by atoms with van der Waals surface area (Å²) in [5.74, 6) is 0.945. The van der Waals surface area contributed by atoms with E-state index in [9.17, 15) is 13.2 Å². The average Bonchev–Trinajstić information content (AvgIpc) is 3.10. The third-order valence-electron chi connectivity index (χ3n) is 3.56. The van der Waals surface area contributed by atoms with Gasteiger partial charge in [-0.2, -0.15) is 4.31 Å². The third kappa shape index (κ3) is 3.42. The van der Waals surface area contributed by atoms with Crippen molar-refractivity contribution < 1.29 is 13.2 Å². The van der Waals surface area contributed by atoms with Crippen LogP contribution >= 0.6 is 0 Å². The van der Waals surface area contributed by atoms with Gasteiger partial charge in [0.1, 0.15) is 0 Å². The molecule has 0 radical (unpaired) electrons. The predicted octanol–water partition coefficient (Wildman–Crippen LogP) is 0.280. The zero-order valence-corrected chi connectivity index (χ0v) is 11.1. The number of amides is 1. The van der Waals surface area contributed by atoms with Gasteiger partial charge >= 0.3 is 0 Å². The number of piperazine rings is 1. The van der Waals surface area contributed by atoms with Crippen LogP contribution in [-0.4, -0.2) is 55.5 Å². The van der Waals surface area contributed by atoms with E-state index in [1.54, 1.807) is 4.90 Å². The molecule has 0 spiro atoms. The minimum Gasteiger partial charge on any atom is -0.340 e. The van der Waals surface area contributed by atoms with E-state index in [4.69, 9.17) is 0 Å². The highest BCUT2D eigenvalue weighted by Crippen LogP contribution is 2.32. The van der Waals surface area contributed by atoms with Gasteiger partial charge in [-0.25, -0.2) is 8.42 Å². The molecule has 0 N–H and O–H groups in total. The predicted molar refractivity (Wildman–Crippen MR) is 65.0 cm³/mol. The molecule has 1 saturated heterocycles. The molecular weight excluding hydrogens is 240 g/mol. The Morgan fingerprint density at radius 3 is 2.24 bits per heavy atom. The Morgan fingerprint density at radius 1 is 1.18 bits per heavy atom. The highest BCUT2D eigenvalue weighted by atomic mass is 32.2. The Balaban J connectivity index is 1.83. The SMILES string of the molecule is CC(=O)N1CCN(S(=O)(=O)CCC2CC2)CC1. The molecule has 1 amide bonds. The normalized spacial score (nSPS) is 22.8. The summed E-state index contributed by atoms with van der Waals surface area (Å²) in [7, 11) is -3.09. The van der Waals surface area contributed by atoms with Crippen molar-refractivity contribution in [3.8, 4) is 0 Å². The van der Waals surface area contributed by atoms with E-state index >= 15 is 0 Å². The lowest BCUT2D eigenvalue weighted by molar-refractivity contribution is -0.129. The summed E-state index contributed by atoms with van der Waals surface area (Å²) in [6.07, 6.45) is 3.18. The van der Waals surface area contributed by atoms with Crippen molar-refractivity contribution in [2.24, 2.45) is 5.92 Å². The largest absolute Gasteiger partial charge is 0.340 e. The van der Waals surface area contributed by atoms with Crippen LogP contribution < -0.4 is 0 Å². The maximum atomic E-state index is 12.0. The number of hydrogen-bond acceptors (Lipinski definition) is 3. The first-order valence-corrected chi connectivity index (χ1v) is 7.83. The monoisotopic (exact) mass is 260 g/mol. The minimum atomic E-state index is -3.09. The van der Waals surface area contributed by atoms with Gasteiger partial charge in [0.25, 0.3) is 0 Å². The Kier molecular flexibility index (Phi) is 3.73. The first-order chi connectivity index (χ1) is 7.99. The second-order valence-electron chi connectivity index (χ2n) is 4.95. The van der Waals surface area contributed by atoms with Gasteiger partial charge in [-0.1, -0.05) is 12.8 Å². The summed E-state index contributed by atoms with van der Waals surface area (Å²) in [4.78, 5) is 12.8. The Bertz CT molecular complexity index is 382. The minimum absolute atomic E-state index is 0.0278. The molecule has 1 saturated carbocycles. The second-order valence-corrected chi connectivity index (χ2v) is 7.04. The standard InChI is InChI=1S/C11H20N2O3S/c1-10(14)12-5-7-13(8-6-12)17(15,16)9-4-11-2-3-11/h11H,2-9H2,1H3. The Hall–Kier alpha value is -0.620. The van der Waals surface area contributed by atoms with Crippen LogP contribution in [0.3, 0.4) is 0 Å². The van der Waals surface area contributed by atoms with E-state index in [2.05, 4.69) is 0 Å². The van der Waals surface area contributed by atoms with Gasteiger partial charge in [0, 0.05) is 33.1 Å². The van der Waals surface area contributed by atoms with E-state index in [1.165, 1.54) is 24.1 Å². The molecule has 0 unspecified atom stereocenters. The van der Waals surface area contributed by atoms with Crippen molar-refractivity contribution in [1.29, 1.82) is 0 Å². The molecule has 0 atom stereocenters. The van der Waals surface area contributed by atoms with E-state index in [0.29, 0.717) is 32.1 Å². The number of sulfonamides is 1. The van der Waals surface area contributed by atoms with Crippen LogP contribution in [0.4, 0.5) is 0 Å². The fourth-order valence-electron chi connectivity index (χ4n) is 2.13. The van der Waals surface area contributed by atoms with Gasteiger partial charge in [0.15, 0.2) is 0 Å². The number of nitrogens with zero attached hydrogens (tertiary/aromatic N) is 2. The van der Waals surface area contributed by atoms with Crippen molar-refractivity contribution in [2.45, 2.75) is 26.2 Å². The molecule has 0 bridgehead atoms. The molecule has 2 rings (SSSR count). The fraction of sp³-hybridized carbons (Fsp3) is 0.909. The van der Waals surface area contributed by atoms with Gasteiger partial charge in [-0.15, -0.1) is 0 Å². The van der Waals surface area contributed by atoms with Gasteiger partial charge < -0.3 is 4.90 Å². The Labute approximate surface area is 103 Å². The summed E-state index contributed by atoms with van der Waals surface area (Å²) in [5.41, 5.74) is 0. The molecule has 6 heteroatoms. The number of carbonyl (C=O) groups excluding carboxylic acids is 1. The van der Waals surface area contributed by atoms with Crippen LogP contribution in [0, 0.1) is 5.92 Å². The molecule has 1 heterocycles. The van der Waals surface area contributed by atoms with E-state index < -0.39 is 10.0 Å². The van der Waals surface area contributed by atoms with Crippen molar-refractivity contribution in [1.82, 2.24) is 9.21 Å². The number of hydrogen-bond donors (Lipinski definition) is 0. The third-order valence-corrected chi connectivity index (χ3v) is 5.46. The summed E-state index contributed by atoms with van der Waals surface area (Å²) in [6.45, 7) is 3.48. The van der Waals surface area contributed by atoms with Gasteiger partial charge in [-0.3, -0.25) is 4.79 Å². The van der Waals surface area contributed by atoms with Crippen LogP contribution in [0.15, 0.2) is 0 Å². The summed E-state index contributed by atoms with van der Waals surface area (Å²) < 4.78 is 25.6. The molecule has 1 aliphatic carbocycles. The Morgan fingerprint density at radius 2 is 1.76 bits per heavy atom. The van der Waals surface area contributed by atoms with Gasteiger partial charge in [-0.05, 0) is 12.3 Å². The molecule has 1 aliphatic heterocycles. The maximum absolute atomic E-state index is 12.0. The first-order valence-electron chi connectivity index (χ1n) is 6.22. The van der Waals surface area contributed by atoms with Crippen LogP contribution in [0.25, 0.3) is 0 Å². The van der Waals surface area contributed by atoms with Crippen LogP contribution in [0.2, 0.25) is 0 Å². The van der Waals surface area contributed by atoms with Crippen molar-refractivity contribution >= 4 is 15.9 Å². The molecule has 17 heavy (non-hydrogen) atoms. The van der Waals surface area contributed by atoms with E-state index in [1.807, 2.05) is 0 Å². The smallest absolute Gasteiger partial charge is 0.219 e. The molecule has 0 aromatic heterocycles. The van der Waals surface area contributed by atoms with Crippen LogP contribution in [-0.2, 0) is 14.8 Å². The van der Waals surface area contributed by atoms with Crippen molar-refractivity contribution in [2.75, 3.05) is 31.9 Å². The van der Waals surface area contributed by atoms with E-state index in [-0.39, 0.29) is 11.7 Å². The fourth-order valence-corrected chi connectivity index (χ4v) is 3.74. The van der Waals surface area contributed by atoms with Crippen LogP contribution in [0.5, 0.6) is 0 Å². The summed E-state index contributed by atoms with van der Waals surface area (Å²) >= 11 is 0. The summed E-state index contributed by atoms with van der Waals surface area (Å²) in [6, 6.07) is 0. The molecule has 2 aliphatic rings. The first kappa shape index (κ1) is 12.8.